The SMILES string of the molecule is CCCC(O)CNC(=O)C(=O)Nc1ccc(Cl)cc1F. The molecule has 0 aromatic heterocycles. The molecular formula is C13H16ClFN2O3. The third-order valence-corrected chi connectivity index (χ3v) is 2.74. The van der Waals surface area contributed by atoms with Crippen LogP contribution < -0.4 is 10.6 Å². The van der Waals surface area contributed by atoms with E-state index in [4.69, 9.17) is 11.6 Å². The number of anilines is 1. The molecule has 0 saturated heterocycles. The van der Waals surface area contributed by atoms with Gasteiger partial charge in [0.15, 0.2) is 0 Å². The minimum Gasteiger partial charge on any atom is -0.391 e. The molecular weight excluding hydrogens is 287 g/mol. The summed E-state index contributed by atoms with van der Waals surface area (Å²) in [5, 5.41) is 14.0. The Kier molecular flexibility index (Phi) is 6.41. The number of carbonyl (C=O) groups is 2. The van der Waals surface area contributed by atoms with E-state index in [1.807, 2.05) is 6.92 Å². The summed E-state index contributed by atoms with van der Waals surface area (Å²) in [6, 6.07) is 3.68. The standard InChI is InChI=1S/C13H16ClFN2O3/c1-2-3-9(18)7-16-12(19)13(20)17-11-5-4-8(14)6-10(11)15/h4-6,9,18H,2-3,7H2,1H3,(H,16,19)(H,17,20). The first-order chi connectivity index (χ1) is 9.43. The normalized spacial score (nSPS) is 11.8. The highest BCUT2D eigenvalue weighted by Gasteiger charge is 2.16. The topological polar surface area (TPSA) is 78.4 Å². The summed E-state index contributed by atoms with van der Waals surface area (Å²) in [7, 11) is 0. The van der Waals surface area contributed by atoms with Crippen LogP contribution >= 0.6 is 11.6 Å². The fraction of sp³-hybridized carbons (Fsp3) is 0.385. The van der Waals surface area contributed by atoms with Crippen LogP contribution in [-0.4, -0.2) is 29.6 Å². The van der Waals surface area contributed by atoms with Gasteiger partial charge >= 0.3 is 11.8 Å². The highest BCUT2D eigenvalue weighted by Crippen LogP contribution is 2.18. The van der Waals surface area contributed by atoms with Gasteiger partial charge in [0.05, 0.1) is 11.8 Å². The Hall–Kier alpha value is -1.66. The largest absolute Gasteiger partial charge is 0.391 e. The van der Waals surface area contributed by atoms with Crippen molar-refractivity contribution < 1.29 is 19.1 Å². The van der Waals surface area contributed by atoms with Gasteiger partial charge in [-0.3, -0.25) is 9.59 Å². The second-order valence-electron chi connectivity index (χ2n) is 4.23. The average molecular weight is 303 g/mol. The number of hydrogen-bond acceptors (Lipinski definition) is 3. The molecule has 0 radical (unpaired) electrons. The number of nitrogens with one attached hydrogen (secondary N) is 2. The smallest absolute Gasteiger partial charge is 0.313 e. The Balaban J connectivity index is 2.51. The van der Waals surface area contributed by atoms with Crippen molar-refractivity contribution in [3.8, 4) is 0 Å². The first kappa shape index (κ1) is 16.4. The molecule has 0 bridgehead atoms. The summed E-state index contributed by atoms with van der Waals surface area (Å²) in [5.74, 6) is -2.67. The van der Waals surface area contributed by atoms with Crippen LogP contribution in [0.1, 0.15) is 19.8 Å². The number of benzene rings is 1. The lowest BCUT2D eigenvalue weighted by molar-refractivity contribution is -0.136. The molecule has 1 rings (SSSR count). The molecule has 0 aliphatic carbocycles. The predicted octanol–water partition coefficient (Wildman–Crippen LogP) is 1.69. The Morgan fingerprint density at radius 1 is 1.40 bits per heavy atom. The van der Waals surface area contributed by atoms with Crippen LogP contribution in [0.5, 0.6) is 0 Å². The van der Waals surface area contributed by atoms with Gasteiger partial charge in [-0.2, -0.15) is 0 Å². The number of rotatable bonds is 5. The van der Waals surface area contributed by atoms with E-state index in [-0.39, 0.29) is 17.3 Å². The van der Waals surface area contributed by atoms with Crippen LogP contribution in [0.3, 0.4) is 0 Å². The molecule has 2 amide bonds. The van der Waals surface area contributed by atoms with E-state index in [1.165, 1.54) is 12.1 Å². The molecule has 1 aromatic carbocycles. The number of carbonyl (C=O) groups excluding carboxylic acids is 2. The van der Waals surface area contributed by atoms with Crippen LogP contribution in [0, 0.1) is 5.82 Å². The van der Waals surface area contributed by atoms with Crippen LogP contribution in [0.2, 0.25) is 5.02 Å². The number of aliphatic hydroxyl groups is 1. The summed E-state index contributed by atoms with van der Waals surface area (Å²) in [5.41, 5.74) is -0.136. The summed E-state index contributed by atoms with van der Waals surface area (Å²) in [6.45, 7) is 1.87. The number of amides is 2. The minimum atomic E-state index is -1.00. The van der Waals surface area contributed by atoms with Crippen LogP contribution in [0.25, 0.3) is 0 Å². The zero-order valence-corrected chi connectivity index (χ0v) is 11.7. The molecule has 5 nitrogen and oxygen atoms in total. The third-order valence-electron chi connectivity index (χ3n) is 2.51. The lowest BCUT2D eigenvalue weighted by Crippen LogP contribution is -2.39. The molecule has 0 heterocycles. The van der Waals surface area contributed by atoms with Crippen molar-refractivity contribution in [2.45, 2.75) is 25.9 Å². The molecule has 0 saturated carbocycles. The van der Waals surface area contributed by atoms with Crippen molar-refractivity contribution in [1.29, 1.82) is 0 Å². The van der Waals surface area contributed by atoms with Gasteiger partial charge in [0.2, 0.25) is 0 Å². The Labute approximate surface area is 121 Å². The summed E-state index contributed by atoms with van der Waals surface area (Å²) in [6.07, 6.45) is 0.580. The minimum absolute atomic E-state index is 0.0246. The van der Waals surface area contributed by atoms with E-state index < -0.39 is 23.7 Å². The van der Waals surface area contributed by atoms with Crippen molar-refractivity contribution in [3.05, 3.63) is 29.0 Å². The van der Waals surface area contributed by atoms with Crippen molar-refractivity contribution in [3.63, 3.8) is 0 Å². The van der Waals surface area contributed by atoms with Crippen LogP contribution in [-0.2, 0) is 9.59 Å². The number of halogens is 2. The van der Waals surface area contributed by atoms with Crippen molar-refractivity contribution in [2.75, 3.05) is 11.9 Å². The van der Waals surface area contributed by atoms with Crippen molar-refractivity contribution in [2.24, 2.45) is 0 Å². The molecule has 20 heavy (non-hydrogen) atoms. The van der Waals surface area contributed by atoms with Gasteiger partial charge in [-0.15, -0.1) is 0 Å². The Bertz CT molecular complexity index is 497. The van der Waals surface area contributed by atoms with E-state index >= 15 is 0 Å². The zero-order chi connectivity index (χ0) is 15.1. The maximum absolute atomic E-state index is 13.4. The quantitative estimate of drug-likeness (QED) is 0.724. The zero-order valence-electron chi connectivity index (χ0n) is 11.0. The number of aliphatic hydroxyl groups excluding tert-OH is 1. The molecule has 1 atom stereocenters. The molecule has 110 valence electrons. The monoisotopic (exact) mass is 302 g/mol. The van der Waals surface area contributed by atoms with Crippen molar-refractivity contribution in [1.82, 2.24) is 5.32 Å². The van der Waals surface area contributed by atoms with Gasteiger partial charge in [-0.25, -0.2) is 4.39 Å². The molecule has 7 heteroatoms. The fourth-order valence-corrected chi connectivity index (χ4v) is 1.65. The second-order valence-corrected chi connectivity index (χ2v) is 4.67. The first-order valence-corrected chi connectivity index (χ1v) is 6.54. The van der Waals surface area contributed by atoms with Crippen LogP contribution in [0.15, 0.2) is 18.2 Å². The predicted molar refractivity (Wildman–Crippen MR) is 74.0 cm³/mol. The summed E-state index contributed by atoms with van der Waals surface area (Å²) in [4.78, 5) is 23.0. The molecule has 0 aliphatic heterocycles. The van der Waals surface area contributed by atoms with Gasteiger partial charge in [0.1, 0.15) is 5.82 Å². The molecule has 1 aromatic rings. The highest BCUT2D eigenvalue weighted by atomic mass is 35.5. The first-order valence-electron chi connectivity index (χ1n) is 6.16. The molecule has 0 fully saturated rings. The Morgan fingerprint density at radius 3 is 2.70 bits per heavy atom. The summed E-state index contributed by atoms with van der Waals surface area (Å²) >= 11 is 5.57. The second kappa shape index (κ2) is 7.81. The van der Waals surface area contributed by atoms with Gasteiger partial charge in [-0.1, -0.05) is 24.9 Å². The maximum Gasteiger partial charge on any atom is 0.313 e. The van der Waals surface area contributed by atoms with Crippen molar-refractivity contribution >= 4 is 29.1 Å². The lowest BCUT2D eigenvalue weighted by atomic mass is 10.2. The van der Waals surface area contributed by atoms with E-state index in [0.29, 0.717) is 6.42 Å². The van der Waals surface area contributed by atoms with E-state index in [0.717, 1.165) is 12.5 Å². The molecule has 1 unspecified atom stereocenters. The van der Waals surface area contributed by atoms with Gasteiger partial charge in [0.25, 0.3) is 0 Å². The average Bonchev–Trinajstić information content (AvgIpc) is 2.39. The van der Waals surface area contributed by atoms with E-state index in [1.54, 1.807) is 0 Å². The van der Waals surface area contributed by atoms with Crippen LogP contribution in [0.4, 0.5) is 10.1 Å². The van der Waals surface area contributed by atoms with Gasteiger partial charge < -0.3 is 15.7 Å². The lowest BCUT2D eigenvalue weighted by Gasteiger charge is -2.11. The maximum atomic E-state index is 13.4. The molecule has 3 N–H and O–H groups in total. The van der Waals surface area contributed by atoms with Gasteiger partial charge in [-0.05, 0) is 24.6 Å². The van der Waals surface area contributed by atoms with E-state index in [9.17, 15) is 19.1 Å². The number of hydrogen-bond donors (Lipinski definition) is 3. The Morgan fingerprint density at radius 2 is 2.10 bits per heavy atom. The third kappa shape index (κ3) is 5.14. The fourth-order valence-electron chi connectivity index (χ4n) is 1.50. The molecule has 0 spiro atoms. The van der Waals surface area contributed by atoms with E-state index in [2.05, 4.69) is 10.6 Å². The highest BCUT2D eigenvalue weighted by molar-refractivity contribution is 6.39. The molecule has 0 aliphatic rings. The summed E-state index contributed by atoms with van der Waals surface area (Å²) < 4.78 is 13.4. The van der Waals surface area contributed by atoms with Gasteiger partial charge in [0, 0.05) is 11.6 Å².